The van der Waals surface area contributed by atoms with E-state index in [1.165, 1.54) is 24.2 Å². The topological polar surface area (TPSA) is 108 Å². The van der Waals surface area contributed by atoms with Crippen molar-refractivity contribution >= 4 is 16.0 Å². The van der Waals surface area contributed by atoms with Crippen LogP contribution < -0.4 is 14.2 Å². The summed E-state index contributed by atoms with van der Waals surface area (Å²) in [7, 11) is -0.852. The summed E-state index contributed by atoms with van der Waals surface area (Å²) in [5.74, 6) is 0.725. The van der Waals surface area contributed by atoms with Gasteiger partial charge in [-0.15, -0.1) is 0 Å². The van der Waals surface area contributed by atoms with Gasteiger partial charge in [0, 0.05) is 18.8 Å². The lowest BCUT2D eigenvalue weighted by atomic mass is 10.1. The predicted molar refractivity (Wildman–Crippen MR) is 119 cm³/mol. The quantitative estimate of drug-likeness (QED) is 0.455. The molecule has 2 aromatic heterocycles. The van der Waals surface area contributed by atoms with Gasteiger partial charge in [-0.25, -0.2) is 18.1 Å². The van der Waals surface area contributed by atoms with Crippen LogP contribution in [0.4, 0.5) is 5.95 Å². The summed E-state index contributed by atoms with van der Waals surface area (Å²) in [6.45, 7) is 1.92. The molecule has 0 spiro atoms. The highest BCUT2D eigenvalue weighted by Crippen LogP contribution is 2.39. The number of hydrogen-bond acceptors (Lipinski definition) is 7. The van der Waals surface area contributed by atoms with Crippen LogP contribution in [0.1, 0.15) is 5.56 Å². The molecule has 4 aromatic rings. The van der Waals surface area contributed by atoms with Gasteiger partial charge in [0.1, 0.15) is 16.3 Å². The monoisotopic (exact) mass is 451 g/mol. The van der Waals surface area contributed by atoms with Crippen molar-refractivity contribution in [3.8, 4) is 28.6 Å². The molecule has 32 heavy (non-hydrogen) atoms. The Morgan fingerprint density at radius 1 is 1.00 bits per heavy atom. The number of methoxy groups -OCH3 is 1. The van der Waals surface area contributed by atoms with Crippen molar-refractivity contribution in [1.29, 1.82) is 0 Å². The molecule has 9 nitrogen and oxygen atoms in total. The highest BCUT2D eigenvalue weighted by Gasteiger charge is 2.24. The summed E-state index contributed by atoms with van der Waals surface area (Å²) in [6.07, 6.45) is 2.63. The Morgan fingerprint density at radius 2 is 1.72 bits per heavy atom. The minimum Gasteiger partial charge on any atom is -0.490 e. The zero-order valence-electron chi connectivity index (χ0n) is 17.7. The molecule has 0 bridgehead atoms. The lowest BCUT2D eigenvalue weighted by molar-refractivity contribution is 0.369. The summed E-state index contributed by atoms with van der Waals surface area (Å²) in [6, 6.07) is 16.6. The number of anilines is 1. The average molecular weight is 452 g/mol. The van der Waals surface area contributed by atoms with Crippen LogP contribution in [0, 0.1) is 6.92 Å². The van der Waals surface area contributed by atoms with E-state index in [9.17, 15) is 8.42 Å². The first-order chi connectivity index (χ1) is 15.4. The number of rotatable bonds is 7. The number of sulfonamides is 1. The van der Waals surface area contributed by atoms with E-state index in [2.05, 4.69) is 19.8 Å². The van der Waals surface area contributed by atoms with Crippen molar-refractivity contribution in [2.45, 2.75) is 11.8 Å². The molecule has 2 aromatic carbocycles. The normalized spacial score (nSPS) is 11.2. The fourth-order valence-electron chi connectivity index (χ4n) is 3.07. The Bertz CT molecular complexity index is 1350. The van der Waals surface area contributed by atoms with Crippen molar-refractivity contribution in [2.75, 3.05) is 11.8 Å². The summed E-state index contributed by atoms with van der Waals surface area (Å²) in [5, 5.41) is 3.91. The molecular weight excluding hydrogens is 430 g/mol. The van der Waals surface area contributed by atoms with Crippen molar-refractivity contribution in [3.63, 3.8) is 0 Å². The van der Waals surface area contributed by atoms with Gasteiger partial charge < -0.3 is 9.47 Å². The largest absolute Gasteiger partial charge is 0.490 e. The Balaban J connectivity index is 1.85. The van der Waals surface area contributed by atoms with Crippen molar-refractivity contribution in [3.05, 3.63) is 72.6 Å². The maximum absolute atomic E-state index is 12.8. The number of para-hydroxylation sites is 1. The molecule has 0 amide bonds. The van der Waals surface area contributed by atoms with E-state index in [4.69, 9.17) is 9.47 Å². The van der Waals surface area contributed by atoms with Crippen LogP contribution in [0.5, 0.6) is 17.4 Å². The van der Waals surface area contributed by atoms with Crippen LogP contribution >= 0.6 is 0 Å². The molecule has 2 heterocycles. The van der Waals surface area contributed by atoms with E-state index in [1.807, 2.05) is 49.4 Å². The van der Waals surface area contributed by atoms with E-state index in [-0.39, 0.29) is 22.5 Å². The second-order valence-electron chi connectivity index (χ2n) is 6.92. The Morgan fingerprint density at radius 3 is 2.38 bits per heavy atom. The van der Waals surface area contributed by atoms with Gasteiger partial charge in [0.2, 0.25) is 11.7 Å². The lowest BCUT2D eigenvalue weighted by Crippen LogP contribution is -2.15. The molecular formula is C22H21N5O4S. The molecule has 164 valence electrons. The SMILES string of the molecule is COc1c(Oc2ccccc2)nc(NS(=O)(=O)c2cnn(C)c2)nc1-c1ccccc1C. The van der Waals surface area contributed by atoms with Crippen molar-refractivity contribution in [2.24, 2.45) is 7.05 Å². The Labute approximate surface area is 185 Å². The fourth-order valence-corrected chi connectivity index (χ4v) is 3.99. The zero-order chi connectivity index (χ0) is 22.7. The molecule has 0 radical (unpaired) electrons. The van der Waals surface area contributed by atoms with Crippen molar-refractivity contribution < 1.29 is 17.9 Å². The highest BCUT2D eigenvalue weighted by molar-refractivity contribution is 7.92. The maximum atomic E-state index is 12.8. The first-order valence-electron chi connectivity index (χ1n) is 9.64. The molecule has 4 rings (SSSR count). The Hall–Kier alpha value is -3.92. The second-order valence-corrected chi connectivity index (χ2v) is 8.60. The van der Waals surface area contributed by atoms with Gasteiger partial charge in [0.25, 0.3) is 15.9 Å². The molecule has 0 aliphatic heterocycles. The third-order valence-electron chi connectivity index (χ3n) is 4.61. The first-order valence-corrected chi connectivity index (χ1v) is 11.1. The molecule has 0 aliphatic rings. The minimum absolute atomic E-state index is 0.0117. The average Bonchev–Trinajstić information content (AvgIpc) is 3.22. The third-order valence-corrected chi connectivity index (χ3v) is 5.90. The highest BCUT2D eigenvalue weighted by atomic mass is 32.2. The summed E-state index contributed by atoms with van der Waals surface area (Å²) >= 11 is 0. The molecule has 1 N–H and O–H groups in total. The molecule has 0 saturated heterocycles. The molecule has 0 atom stereocenters. The van der Waals surface area contributed by atoms with E-state index in [1.54, 1.807) is 19.2 Å². The Kier molecular flexibility index (Phi) is 5.78. The standard InChI is InChI=1S/C22H21N5O4S/c1-15-9-7-8-12-18(15)19-20(30-3)21(31-16-10-5-4-6-11-16)25-22(24-19)26-32(28,29)17-13-23-27(2)14-17/h4-14H,1-3H3,(H,24,25,26). The van der Waals surface area contributed by atoms with E-state index in [0.29, 0.717) is 11.4 Å². The minimum atomic E-state index is -3.97. The van der Waals surface area contributed by atoms with Crippen LogP contribution in [0.15, 0.2) is 71.9 Å². The van der Waals surface area contributed by atoms with Gasteiger partial charge in [-0.05, 0) is 24.6 Å². The lowest BCUT2D eigenvalue weighted by Gasteiger charge is -2.16. The number of nitrogens with zero attached hydrogens (tertiary/aromatic N) is 4. The van der Waals surface area contributed by atoms with Crippen LogP contribution in [0.3, 0.4) is 0 Å². The van der Waals surface area contributed by atoms with E-state index in [0.717, 1.165) is 11.1 Å². The summed E-state index contributed by atoms with van der Waals surface area (Å²) in [5.41, 5.74) is 2.08. The molecule has 10 heteroatoms. The van der Waals surface area contributed by atoms with Gasteiger partial charge in [0.05, 0.1) is 13.3 Å². The molecule has 0 unspecified atom stereocenters. The number of ether oxygens (including phenoxy) is 2. The van der Waals surface area contributed by atoms with Crippen LogP contribution in [0.25, 0.3) is 11.3 Å². The third kappa shape index (κ3) is 4.40. The van der Waals surface area contributed by atoms with Crippen LogP contribution in [0.2, 0.25) is 0 Å². The van der Waals surface area contributed by atoms with Crippen molar-refractivity contribution in [1.82, 2.24) is 19.7 Å². The van der Waals surface area contributed by atoms with E-state index < -0.39 is 10.0 Å². The van der Waals surface area contributed by atoms with Gasteiger partial charge in [-0.1, -0.05) is 42.5 Å². The fraction of sp³-hybridized carbons (Fsp3) is 0.136. The molecule has 0 fully saturated rings. The number of aryl methyl sites for hydroxylation is 2. The number of benzene rings is 2. The second kappa shape index (κ2) is 8.67. The van der Waals surface area contributed by atoms with Crippen LogP contribution in [-0.4, -0.2) is 35.3 Å². The van der Waals surface area contributed by atoms with Gasteiger partial charge >= 0.3 is 0 Å². The smallest absolute Gasteiger partial charge is 0.268 e. The number of hydrogen-bond donors (Lipinski definition) is 1. The first kappa shape index (κ1) is 21.3. The zero-order valence-corrected chi connectivity index (χ0v) is 18.5. The molecule has 0 aliphatic carbocycles. The summed E-state index contributed by atoms with van der Waals surface area (Å²) < 4.78 is 41.0. The van der Waals surface area contributed by atoms with Gasteiger partial charge in [0.15, 0.2) is 0 Å². The number of nitrogens with one attached hydrogen (secondary N) is 1. The van der Waals surface area contributed by atoms with Crippen LogP contribution in [-0.2, 0) is 17.1 Å². The number of aromatic nitrogens is 4. The van der Waals surface area contributed by atoms with Gasteiger partial charge in [-0.3, -0.25) is 4.68 Å². The van der Waals surface area contributed by atoms with E-state index >= 15 is 0 Å². The maximum Gasteiger partial charge on any atom is 0.268 e. The van der Waals surface area contributed by atoms with Gasteiger partial charge in [-0.2, -0.15) is 10.1 Å². The predicted octanol–water partition coefficient (Wildman–Crippen LogP) is 3.79. The summed E-state index contributed by atoms with van der Waals surface area (Å²) in [4.78, 5) is 8.75. The molecule has 0 saturated carbocycles.